The van der Waals surface area contributed by atoms with Gasteiger partial charge in [-0.25, -0.2) is 9.37 Å². The second kappa shape index (κ2) is 6.37. The molecule has 0 aliphatic heterocycles. The predicted octanol–water partition coefficient (Wildman–Crippen LogP) is 2.45. The molecule has 2 N–H and O–H groups in total. The molecule has 0 aliphatic carbocycles. The number of hydrogen-bond donors (Lipinski definition) is 2. The van der Waals surface area contributed by atoms with Crippen LogP contribution in [-0.2, 0) is 0 Å². The van der Waals surface area contributed by atoms with E-state index in [1.807, 2.05) is 0 Å². The number of aromatic nitrogens is 2. The van der Waals surface area contributed by atoms with Crippen molar-refractivity contribution in [3.63, 3.8) is 0 Å². The zero-order chi connectivity index (χ0) is 17.3. The molecular weight excluding hydrogens is 313 g/mol. The van der Waals surface area contributed by atoms with Crippen molar-refractivity contribution in [2.75, 3.05) is 6.54 Å². The molecule has 124 valence electrons. The summed E-state index contributed by atoms with van der Waals surface area (Å²) in [6.07, 6.45) is -0.661. The zero-order valence-corrected chi connectivity index (χ0v) is 13.2. The van der Waals surface area contributed by atoms with Crippen LogP contribution in [0.2, 0.25) is 0 Å². The number of nitrogens with zero attached hydrogens (tertiary/aromatic N) is 2. The molecule has 0 saturated carbocycles. The van der Waals surface area contributed by atoms with Gasteiger partial charge >= 0.3 is 0 Å². The highest BCUT2D eigenvalue weighted by atomic mass is 19.1. The molecule has 1 atom stereocenters. The zero-order valence-electron chi connectivity index (χ0n) is 13.2. The van der Waals surface area contributed by atoms with Crippen LogP contribution in [0.15, 0.2) is 34.9 Å². The molecule has 3 aromatic rings. The summed E-state index contributed by atoms with van der Waals surface area (Å²) in [6, 6.07) is 7.39. The highest BCUT2D eigenvalue weighted by molar-refractivity contribution is 6.07. The lowest BCUT2D eigenvalue weighted by Crippen LogP contribution is -2.30. The number of aryl methyl sites for hydroxylation is 1. The quantitative estimate of drug-likeness (QED) is 0.767. The lowest BCUT2D eigenvalue weighted by Gasteiger charge is -2.09. The maximum absolute atomic E-state index is 13.1. The largest absolute Gasteiger partial charge is 0.392 e. The number of carbonyl (C=O) groups is 1. The van der Waals surface area contributed by atoms with Crippen LogP contribution in [0.1, 0.15) is 23.0 Å². The summed E-state index contributed by atoms with van der Waals surface area (Å²) in [6.45, 7) is 3.42. The number of aliphatic hydroxyl groups is 1. The predicted molar refractivity (Wildman–Crippen MR) is 85.9 cm³/mol. The highest BCUT2D eigenvalue weighted by Gasteiger charge is 2.19. The van der Waals surface area contributed by atoms with Crippen LogP contribution in [0.3, 0.4) is 0 Å². The molecule has 3 rings (SSSR count). The average Bonchev–Trinajstić information content (AvgIpc) is 2.94. The molecule has 1 amide bonds. The van der Waals surface area contributed by atoms with Gasteiger partial charge in [-0.2, -0.15) is 0 Å². The van der Waals surface area contributed by atoms with Gasteiger partial charge in [-0.05, 0) is 44.2 Å². The summed E-state index contributed by atoms with van der Waals surface area (Å²) in [4.78, 5) is 16.8. The molecule has 6 nitrogen and oxygen atoms in total. The summed E-state index contributed by atoms with van der Waals surface area (Å²) in [5.41, 5.74) is 2.25. The number of hydrogen-bond acceptors (Lipinski definition) is 5. The number of halogens is 1. The van der Waals surface area contributed by atoms with Crippen LogP contribution >= 0.6 is 0 Å². The minimum absolute atomic E-state index is 0.124. The molecule has 1 aromatic carbocycles. The second-order valence-corrected chi connectivity index (χ2v) is 5.57. The van der Waals surface area contributed by atoms with Gasteiger partial charge in [-0.1, -0.05) is 5.16 Å². The lowest BCUT2D eigenvalue weighted by molar-refractivity contribution is 0.0925. The maximum Gasteiger partial charge on any atom is 0.259 e. The molecule has 2 aromatic heterocycles. The monoisotopic (exact) mass is 329 g/mol. The van der Waals surface area contributed by atoms with E-state index in [9.17, 15) is 14.3 Å². The normalized spacial score (nSPS) is 12.3. The van der Waals surface area contributed by atoms with E-state index in [1.165, 1.54) is 12.1 Å². The van der Waals surface area contributed by atoms with Crippen LogP contribution in [0, 0.1) is 12.7 Å². The fraction of sp³-hybridized carbons (Fsp3) is 0.235. The van der Waals surface area contributed by atoms with E-state index in [0.29, 0.717) is 27.9 Å². The smallest absolute Gasteiger partial charge is 0.259 e. The van der Waals surface area contributed by atoms with Gasteiger partial charge in [-0.3, -0.25) is 4.79 Å². The molecule has 2 heterocycles. The molecule has 24 heavy (non-hydrogen) atoms. The minimum atomic E-state index is -0.661. The fourth-order valence-corrected chi connectivity index (χ4v) is 2.38. The van der Waals surface area contributed by atoms with Gasteiger partial charge in [0.1, 0.15) is 5.82 Å². The van der Waals surface area contributed by atoms with Crippen molar-refractivity contribution in [1.29, 1.82) is 0 Å². The summed E-state index contributed by atoms with van der Waals surface area (Å²) in [5.74, 6) is -0.719. The molecule has 0 aliphatic rings. The number of amides is 1. The van der Waals surface area contributed by atoms with E-state index in [-0.39, 0.29) is 24.0 Å². The SMILES string of the molecule is Cc1noc2nc(-c3ccc(F)cc3)cc(C(=O)NCC(C)O)c12. The molecule has 0 saturated heterocycles. The van der Waals surface area contributed by atoms with Crippen molar-refractivity contribution >= 4 is 17.0 Å². The van der Waals surface area contributed by atoms with Crippen molar-refractivity contribution in [1.82, 2.24) is 15.5 Å². The van der Waals surface area contributed by atoms with Crippen LogP contribution in [0.5, 0.6) is 0 Å². The van der Waals surface area contributed by atoms with Crippen molar-refractivity contribution < 1.29 is 18.8 Å². The number of rotatable bonds is 4. The van der Waals surface area contributed by atoms with Gasteiger partial charge in [0, 0.05) is 12.1 Å². The first kappa shape index (κ1) is 16.1. The average molecular weight is 329 g/mol. The Hall–Kier alpha value is -2.80. The van der Waals surface area contributed by atoms with Gasteiger partial charge in [0.05, 0.1) is 28.4 Å². The van der Waals surface area contributed by atoms with Crippen molar-refractivity contribution in [3.8, 4) is 11.3 Å². The number of pyridine rings is 1. The molecule has 1 unspecified atom stereocenters. The summed E-state index contributed by atoms with van der Waals surface area (Å²) >= 11 is 0. The minimum Gasteiger partial charge on any atom is -0.392 e. The number of fused-ring (bicyclic) bond motifs is 1. The number of carbonyl (C=O) groups excluding carboxylic acids is 1. The first-order chi connectivity index (χ1) is 11.5. The summed E-state index contributed by atoms with van der Waals surface area (Å²) in [7, 11) is 0. The third-order valence-electron chi connectivity index (χ3n) is 3.56. The van der Waals surface area contributed by atoms with Gasteiger partial charge in [0.2, 0.25) is 0 Å². The Morgan fingerprint density at radius 1 is 1.38 bits per heavy atom. The summed E-state index contributed by atoms with van der Waals surface area (Å²) in [5, 5.41) is 16.4. The van der Waals surface area contributed by atoms with Gasteiger partial charge in [-0.15, -0.1) is 0 Å². The topological polar surface area (TPSA) is 88.2 Å². The molecule has 0 spiro atoms. The number of aliphatic hydroxyl groups excluding tert-OH is 1. The Bertz CT molecular complexity index is 888. The lowest BCUT2D eigenvalue weighted by atomic mass is 10.0. The number of nitrogens with one attached hydrogen (secondary N) is 1. The highest BCUT2D eigenvalue weighted by Crippen LogP contribution is 2.27. The molecule has 7 heteroatoms. The maximum atomic E-state index is 13.1. The van der Waals surface area contributed by atoms with Crippen LogP contribution in [-0.4, -0.2) is 33.8 Å². The first-order valence-corrected chi connectivity index (χ1v) is 7.45. The fourth-order valence-electron chi connectivity index (χ4n) is 2.38. The molecule has 0 bridgehead atoms. The van der Waals surface area contributed by atoms with E-state index in [1.54, 1.807) is 32.0 Å². The van der Waals surface area contributed by atoms with Crippen LogP contribution < -0.4 is 5.32 Å². The van der Waals surface area contributed by atoms with E-state index >= 15 is 0 Å². The number of benzene rings is 1. The Labute approximate surface area is 137 Å². The van der Waals surface area contributed by atoms with Crippen molar-refractivity contribution in [3.05, 3.63) is 47.4 Å². The van der Waals surface area contributed by atoms with Crippen molar-refractivity contribution in [2.45, 2.75) is 20.0 Å². The van der Waals surface area contributed by atoms with Crippen LogP contribution in [0.4, 0.5) is 4.39 Å². The first-order valence-electron chi connectivity index (χ1n) is 7.45. The molecular formula is C17H16FN3O3. The van der Waals surface area contributed by atoms with Crippen LogP contribution in [0.25, 0.3) is 22.4 Å². The Balaban J connectivity index is 2.10. The molecule has 0 fully saturated rings. The third kappa shape index (κ3) is 3.11. The standard InChI is InChI=1S/C17H16FN3O3/c1-9(22)8-19-16(23)13-7-14(11-3-5-12(18)6-4-11)20-17-15(13)10(2)21-24-17/h3-7,9,22H,8H2,1-2H3,(H,19,23). The third-order valence-corrected chi connectivity index (χ3v) is 3.56. The van der Waals surface area contributed by atoms with Crippen molar-refractivity contribution in [2.24, 2.45) is 0 Å². The second-order valence-electron chi connectivity index (χ2n) is 5.57. The Kier molecular flexibility index (Phi) is 4.26. The Morgan fingerprint density at radius 3 is 2.75 bits per heavy atom. The van der Waals surface area contributed by atoms with E-state index in [4.69, 9.17) is 4.52 Å². The van der Waals surface area contributed by atoms with E-state index in [0.717, 1.165) is 0 Å². The van der Waals surface area contributed by atoms with Gasteiger partial charge in [0.15, 0.2) is 0 Å². The van der Waals surface area contributed by atoms with Gasteiger partial charge in [0.25, 0.3) is 11.6 Å². The van der Waals surface area contributed by atoms with E-state index < -0.39 is 6.10 Å². The molecule has 0 radical (unpaired) electrons. The summed E-state index contributed by atoms with van der Waals surface area (Å²) < 4.78 is 18.3. The van der Waals surface area contributed by atoms with E-state index in [2.05, 4.69) is 15.5 Å². The Morgan fingerprint density at radius 2 is 2.08 bits per heavy atom. The van der Waals surface area contributed by atoms with Gasteiger partial charge < -0.3 is 14.9 Å².